The third-order valence-corrected chi connectivity index (χ3v) is 5.16. The molecule has 0 saturated carbocycles. The van der Waals surface area contributed by atoms with Crippen molar-refractivity contribution in [2.45, 2.75) is 32.5 Å². The number of hydrogen-bond donors (Lipinski definition) is 1. The Morgan fingerprint density at radius 1 is 1.04 bits per heavy atom. The Kier molecular flexibility index (Phi) is 5.16. The Bertz CT molecular complexity index is 885. The molecule has 0 spiro atoms. The molecule has 1 aliphatic heterocycles. The molecule has 1 aliphatic rings. The number of hydrogen-bond acceptors (Lipinski definition) is 3. The van der Waals surface area contributed by atoms with Gasteiger partial charge in [-0.05, 0) is 60.9 Å². The molecule has 4 nitrogen and oxygen atoms in total. The molecule has 1 unspecified atom stereocenters. The van der Waals surface area contributed by atoms with Gasteiger partial charge in [-0.3, -0.25) is 4.90 Å². The van der Waals surface area contributed by atoms with Crippen molar-refractivity contribution in [3.05, 3.63) is 83.7 Å². The van der Waals surface area contributed by atoms with Crippen LogP contribution >= 0.6 is 0 Å². The number of benzene rings is 2. The van der Waals surface area contributed by atoms with Gasteiger partial charge in [-0.1, -0.05) is 24.3 Å². The zero-order valence-electron chi connectivity index (χ0n) is 15.7. The number of rotatable bonds is 5. The van der Waals surface area contributed by atoms with Crippen LogP contribution in [-0.4, -0.2) is 27.7 Å². The second kappa shape index (κ2) is 7.89. The zero-order chi connectivity index (χ0) is 18.6. The van der Waals surface area contributed by atoms with E-state index in [2.05, 4.69) is 46.0 Å². The molecule has 140 valence electrons. The van der Waals surface area contributed by atoms with E-state index in [0.717, 1.165) is 37.4 Å². The summed E-state index contributed by atoms with van der Waals surface area (Å²) in [5.74, 6) is 1.23. The lowest BCUT2D eigenvalue weighted by Gasteiger charge is -2.30. The van der Waals surface area contributed by atoms with Crippen molar-refractivity contribution in [3.8, 4) is 11.5 Å². The van der Waals surface area contributed by atoms with E-state index in [0.29, 0.717) is 12.4 Å². The maximum Gasteiger partial charge on any atom is 0.119 e. The number of aryl methyl sites for hydroxylation is 1. The molecule has 27 heavy (non-hydrogen) atoms. The minimum atomic E-state index is 0.126. The Balaban J connectivity index is 1.66. The van der Waals surface area contributed by atoms with E-state index < -0.39 is 0 Å². The van der Waals surface area contributed by atoms with Gasteiger partial charge >= 0.3 is 0 Å². The van der Waals surface area contributed by atoms with Crippen LogP contribution in [0.15, 0.2) is 66.9 Å². The molecule has 1 aromatic heterocycles. The van der Waals surface area contributed by atoms with Gasteiger partial charge in [-0.25, -0.2) is 0 Å². The van der Waals surface area contributed by atoms with Gasteiger partial charge in [-0.2, -0.15) is 0 Å². The van der Waals surface area contributed by atoms with Crippen LogP contribution in [0.1, 0.15) is 36.2 Å². The van der Waals surface area contributed by atoms with Crippen molar-refractivity contribution < 1.29 is 9.84 Å². The molecule has 0 fully saturated rings. The molecule has 1 N–H and O–H groups in total. The third-order valence-electron chi connectivity index (χ3n) is 5.16. The molecule has 0 saturated heterocycles. The van der Waals surface area contributed by atoms with Crippen LogP contribution in [0.5, 0.6) is 11.5 Å². The smallest absolute Gasteiger partial charge is 0.119 e. The highest BCUT2D eigenvalue weighted by atomic mass is 16.5. The first-order chi connectivity index (χ1) is 13.2. The van der Waals surface area contributed by atoms with Crippen LogP contribution in [0.3, 0.4) is 0 Å². The average molecular weight is 362 g/mol. The van der Waals surface area contributed by atoms with E-state index in [1.807, 2.05) is 31.2 Å². The Labute approximate surface area is 160 Å². The van der Waals surface area contributed by atoms with Crippen molar-refractivity contribution in [2.24, 2.45) is 0 Å². The van der Waals surface area contributed by atoms with Gasteiger partial charge in [-0.15, -0.1) is 0 Å². The zero-order valence-corrected chi connectivity index (χ0v) is 15.7. The van der Waals surface area contributed by atoms with E-state index in [9.17, 15) is 5.11 Å². The van der Waals surface area contributed by atoms with Crippen LogP contribution < -0.4 is 4.74 Å². The number of aromatic nitrogens is 1. The fourth-order valence-corrected chi connectivity index (χ4v) is 3.98. The average Bonchev–Trinajstić information content (AvgIpc) is 3.05. The highest BCUT2D eigenvalue weighted by Crippen LogP contribution is 2.34. The topological polar surface area (TPSA) is 37.6 Å². The molecule has 4 heteroatoms. The third kappa shape index (κ3) is 3.86. The number of fused-ring (bicyclic) bond motifs is 1. The number of nitrogens with zero attached hydrogens (tertiary/aromatic N) is 2. The van der Waals surface area contributed by atoms with Gasteiger partial charge in [0.15, 0.2) is 0 Å². The summed E-state index contributed by atoms with van der Waals surface area (Å²) in [6.07, 6.45) is 3.26. The summed E-state index contributed by atoms with van der Waals surface area (Å²) in [6, 6.07) is 20.5. The largest absolute Gasteiger partial charge is 0.508 e. The van der Waals surface area contributed by atoms with Crippen molar-refractivity contribution >= 4 is 0 Å². The first-order valence-electron chi connectivity index (χ1n) is 9.64. The van der Waals surface area contributed by atoms with Gasteiger partial charge in [0, 0.05) is 31.5 Å². The molecule has 4 rings (SSSR count). The minimum Gasteiger partial charge on any atom is -0.508 e. The number of phenolic OH excluding ortho intramolecular Hbond substituents is 1. The molecular weight excluding hydrogens is 336 g/mol. The predicted octanol–water partition coefficient (Wildman–Crippen LogP) is 4.59. The maximum absolute atomic E-state index is 10.0. The summed E-state index contributed by atoms with van der Waals surface area (Å²) < 4.78 is 7.91. The van der Waals surface area contributed by atoms with E-state index in [1.54, 1.807) is 6.07 Å². The minimum absolute atomic E-state index is 0.126. The summed E-state index contributed by atoms with van der Waals surface area (Å²) in [5, 5.41) is 10.0. The van der Waals surface area contributed by atoms with Gasteiger partial charge in [0.25, 0.3) is 0 Å². The highest BCUT2D eigenvalue weighted by Gasteiger charge is 2.27. The van der Waals surface area contributed by atoms with Crippen LogP contribution in [0.25, 0.3) is 0 Å². The molecule has 2 heterocycles. The van der Waals surface area contributed by atoms with Gasteiger partial charge in [0.1, 0.15) is 11.5 Å². The Morgan fingerprint density at radius 3 is 2.67 bits per heavy atom. The van der Waals surface area contributed by atoms with Crippen molar-refractivity contribution in [1.82, 2.24) is 9.47 Å². The van der Waals surface area contributed by atoms with Gasteiger partial charge in [0.2, 0.25) is 0 Å². The van der Waals surface area contributed by atoms with E-state index in [-0.39, 0.29) is 6.04 Å². The van der Waals surface area contributed by atoms with Crippen molar-refractivity contribution in [2.75, 3.05) is 13.2 Å². The molecule has 0 amide bonds. The fourth-order valence-electron chi connectivity index (χ4n) is 3.98. The molecular formula is C23H26N2O2. The summed E-state index contributed by atoms with van der Waals surface area (Å²) >= 11 is 0. The van der Waals surface area contributed by atoms with Gasteiger partial charge in [0.05, 0.1) is 12.6 Å². The summed E-state index contributed by atoms with van der Waals surface area (Å²) in [6.45, 7) is 5.58. The lowest BCUT2D eigenvalue weighted by Crippen LogP contribution is -2.29. The monoisotopic (exact) mass is 362 g/mol. The Morgan fingerprint density at radius 2 is 1.89 bits per heavy atom. The molecule has 0 bridgehead atoms. The van der Waals surface area contributed by atoms with Crippen LogP contribution in [0, 0.1) is 0 Å². The van der Waals surface area contributed by atoms with Crippen LogP contribution in [-0.2, 0) is 13.1 Å². The predicted molar refractivity (Wildman–Crippen MR) is 107 cm³/mol. The number of ether oxygens (including phenoxy) is 1. The molecule has 1 atom stereocenters. The fraction of sp³-hybridized carbons (Fsp3) is 0.304. The Hall–Kier alpha value is -2.72. The maximum atomic E-state index is 10.0. The summed E-state index contributed by atoms with van der Waals surface area (Å²) in [7, 11) is 0. The van der Waals surface area contributed by atoms with Crippen LogP contribution in [0.4, 0.5) is 0 Å². The molecule has 3 aromatic rings. The normalized spacial score (nSPS) is 17.3. The number of aromatic hydroxyl groups is 1. The lowest BCUT2D eigenvalue weighted by molar-refractivity contribution is 0.220. The van der Waals surface area contributed by atoms with Crippen molar-refractivity contribution in [3.63, 3.8) is 0 Å². The van der Waals surface area contributed by atoms with E-state index >= 15 is 0 Å². The van der Waals surface area contributed by atoms with E-state index in [4.69, 9.17) is 4.74 Å². The summed E-state index contributed by atoms with van der Waals surface area (Å²) in [4.78, 5) is 2.50. The number of phenols is 1. The standard InChI is InChI=1S/C23H26N2O2/c1-2-27-21-11-9-18(10-12-21)17-25-15-5-14-24-13-4-8-22(24)23(25)19-6-3-7-20(26)16-19/h3-4,6-13,16,23,26H,2,5,14-15,17H2,1H3. The molecule has 0 radical (unpaired) electrons. The van der Waals surface area contributed by atoms with Gasteiger partial charge < -0.3 is 14.4 Å². The molecule has 0 aliphatic carbocycles. The SMILES string of the molecule is CCOc1ccc(CN2CCCn3cccc3C2c2cccc(O)c2)cc1. The first-order valence-corrected chi connectivity index (χ1v) is 9.64. The van der Waals surface area contributed by atoms with Crippen molar-refractivity contribution in [1.29, 1.82) is 0 Å². The second-order valence-electron chi connectivity index (χ2n) is 7.02. The quantitative estimate of drug-likeness (QED) is 0.721. The lowest BCUT2D eigenvalue weighted by atomic mass is 10.0. The summed E-state index contributed by atoms with van der Waals surface area (Å²) in [5.41, 5.74) is 3.68. The highest BCUT2D eigenvalue weighted by molar-refractivity contribution is 5.35. The first kappa shape index (κ1) is 17.7. The van der Waals surface area contributed by atoms with Crippen LogP contribution in [0.2, 0.25) is 0 Å². The second-order valence-corrected chi connectivity index (χ2v) is 7.02. The van der Waals surface area contributed by atoms with E-state index in [1.165, 1.54) is 11.3 Å². The molecule has 2 aromatic carbocycles.